The number of carbonyl (C=O) groups excluding carboxylic acids is 2. The Morgan fingerprint density at radius 2 is 1.97 bits per heavy atom. The second kappa shape index (κ2) is 9.64. The van der Waals surface area contributed by atoms with Crippen LogP contribution in [0.1, 0.15) is 63.6 Å². The number of carbonyl (C=O) groups is 2. The van der Waals surface area contributed by atoms with E-state index in [9.17, 15) is 9.59 Å². The molecule has 1 aliphatic rings. The first-order valence-corrected chi connectivity index (χ1v) is 11.8. The molecule has 0 radical (unpaired) electrons. The zero-order chi connectivity index (χ0) is 22.6. The minimum absolute atomic E-state index is 0.103. The SMILES string of the molecule is CC(=O)NC1(c2noc(CCC(=O)N/N=c3\sc4ccccc4n3C)n2)CCCCCC1. The number of hydrogen-bond acceptors (Lipinski definition) is 7. The molecule has 10 heteroatoms. The van der Waals surface area contributed by atoms with Gasteiger partial charge in [0.1, 0.15) is 5.54 Å². The van der Waals surface area contributed by atoms with Crippen molar-refractivity contribution in [2.45, 2.75) is 63.8 Å². The summed E-state index contributed by atoms with van der Waals surface area (Å²) in [5.74, 6) is 0.561. The molecule has 170 valence electrons. The van der Waals surface area contributed by atoms with Gasteiger partial charge in [-0.25, -0.2) is 5.43 Å². The summed E-state index contributed by atoms with van der Waals surface area (Å²) in [7, 11) is 1.92. The Kier molecular flexibility index (Phi) is 6.69. The predicted molar refractivity (Wildman–Crippen MR) is 120 cm³/mol. The van der Waals surface area contributed by atoms with Gasteiger partial charge in [0.05, 0.1) is 10.2 Å². The predicted octanol–water partition coefficient (Wildman–Crippen LogP) is 2.87. The number of rotatable bonds is 6. The highest BCUT2D eigenvalue weighted by Crippen LogP contribution is 2.34. The highest BCUT2D eigenvalue weighted by atomic mass is 32.1. The first-order chi connectivity index (χ1) is 15.5. The van der Waals surface area contributed by atoms with Crippen LogP contribution in [-0.2, 0) is 28.6 Å². The lowest BCUT2D eigenvalue weighted by atomic mass is 9.89. The maximum atomic E-state index is 12.3. The zero-order valence-corrected chi connectivity index (χ0v) is 19.2. The maximum absolute atomic E-state index is 12.3. The quantitative estimate of drug-likeness (QED) is 0.437. The van der Waals surface area contributed by atoms with Gasteiger partial charge in [0.25, 0.3) is 0 Å². The maximum Gasteiger partial charge on any atom is 0.240 e. The molecule has 0 aliphatic heterocycles. The van der Waals surface area contributed by atoms with Gasteiger partial charge in [-0.3, -0.25) is 9.59 Å². The number of fused-ring (bicyclic) bond motifs is 1. The van der Waals surface area contributed by atoms with Crippen molar-refractivity contribution in [3.63, 3.8) is 0 Å². The summed E-state index contributed by atoms with van der Waals surface area (Å²) in [6, 6.07) is 7.99. The minimum Gasteiger partial charge on any atom is -0.343 e. The van der Waals surface area contributed by atoms with E-state index in [2.05, 4.69) is 26.0 Å². The molecule has 0 spiro atoms. The molecule has 0 bridgehead atoms. The molecular weight excluding hydrogens is 428 g/mol. The first kappa shape index (κ1) is 22.2. The number of aryl methyl sites for hydroxylation is 2. The van der Waals surface area contributed by atoms with Gasteiger partial charge in [0.15, 0.2) is 5.82 Å². The van der Waals surface area contributed by atoms with Gasteiger partial charge in [0.2, 0.25) is 22.5 Å². The lowest BCUT2D eigenvalue weighted by Gasteiger charge is -2.30. The van der Waals surface area contributed by atoms with Gasteiger partial charge < -0.3 is 14.4 Å². The summed E-state index contributed by atoms with van der Waals surface area (Å²) in [6.45, 7) is 1.51. The normalized spacial score (nSPS) is 16.6. The molecule has 2 aromatic heterocycles. The number of nitrogens with one attached hydrogen (secondary N) is 2. The molecule has 0 unspecified atom stereocenters. The lowest BCUT2D eigenvalue weighted by Crippen LogP contribution is -2.45. The van der Waals surface area contributed by atoms with Crippen LogP contribution in [0.4, 0.5) is 0 Å². The molecule has 0 saturated heterocycles. The molecule has 1 aromatic carbocycles. The van der Waals surface area contributed by atoms with E-state index in [1.807, 2.05) is 35.9 Å². The third-order valence-electron chi connectivity index (χ3n) is 5.83. The van der Waals surface area contributed by atoms with Crippen molar-refractivity contribution >= 4 is 33.4 Å². The summed E-state index contributed by atoms with van der Waals surface area (Å²) in [5.41, 5.74) is 3.09. The van der Waals surface area contributed by atoms with E-state index in [4.69, 9.17) is 4.52 Å². The summed E-state index contributed by atoms with van der Waals surface area (Å²) >= 11 is 1.51. The zero-order valence-electron chi connectivity index (χ0n) is 18.4. The van der Waals surface area contributed by atoms with Gasteiger partial charge >= 0.3 is 0 Å². The Hall–Kier alpha value is -3.01. The second-order valence-electron chi connectivity index (χ2n) is 8.25. The van der Waals surface area contributed by atoms with Crippen molar-refractivity contribution < 1.29 is 14.1 Å². The van der Waals surface area contributed by atoms with Crippen LogP contribution in [0, 0.1) is 0 Å². The number of amides is 2. The summed E-state index contributed by atoms with van der Waals surface area (Å²) in [6.07, 6.45) is 6.33. The average molecular weight is 457 g/mol. The van der Waals surface area contributed by atoms with Crippen molar-refractivity contribution in [3.8, 4) is 0 Å². The number of hydrogen-bond donors (Lipinski definition) is 2. The Bertz CT molecular complexity index is 1170. The highest BCUT2D eigenvalue weighted by Gasteiger charge is 2.38. The van der Waals surface area contributed by atoms with Crippen LogP contribution in [0.25, 0.3) is 10.2 Å². The average Bonchev–Trinajstić information content (AvgIpc) is 3.30. The topological polar surface area (TPSA) is 114 Å². The molecule has 9 nitrogen and oxygen atoms in total. The Balaban J connectivity index is 1.40. The fourth-order valence-corrected chi connectivity index (χ4v) is 5.18. The van der Waals surface area contributed by atoms with Gasteiger partial charge in [-0.05, 0) is 25.0 Å². The Labute approximate surface area is 189 Å². The third kappa shape index (κ3) is 4.90. The largest absolute Gasteiger partial charge is 0.343 e. The van der Waals surface area contributed by atoms with Crippen LogP contribution in [-0.4, -0.2) is 26.5 Å². The van der Waals surface area contributed by atoms with Crippen molar-refractivity contribution in [1.29, 1.82) is 0 Å². The Morgan fingerprint density at radius 3 is 2.69 bits per heavy atom. The van der Waals surface area contributed by atoms with E-state index in [1.54, 1.807) is 0 Å². The monoisotopic (exact) mass is 456 g/mol. The summed E-state index contributed by atoms with van der Waals surface area (Å²) in [5, 5.41) is 11.5. The van der Waals surface area contributed by atoms with Crippen molar-refractivity contribution in [2.75, 3.05) is 0 Å². The standard InChI is InChI=1S/C22H28N6O3S/c1-15(29)24-22(13-7-3-4-8-14-22)20-23-19(31-27-20)12-11-18(30)25-26-21-28(2)16-9-5-6-10-17(16)32-21/h5-6,9-10H,3-4,7-8,11-14H2,1-2H3,(H,24,29)(H,25,30)/b26-21-. The number of nitrogens with zero attached hydrogens (tertiary/aromatic N) is 4. The lowest BCUT2D eigenvalue weighted by molar-refractivity contribution is -0.122. The molecule has 1 aliphatic carbocycles. The fourth-order valence-electron chi connectivity index (χ4n) is 4.20. The van der Waals surface area contributed by atoms with E-state index >= 15 is 0 Å². The van der Waals surface area contributed by atoms with E-state index < -0.39 is 5.54 Å². The molecule has 4 rings (SSSR count). The minimum atomic E-state index is -0.586. The Morgan fingerprint density at radius 1 is 1.22 bits per heavy atom. The van der Waals surface area contributed by atoms with Crippen LogP contribution >= 0.6 is 11.3 Å². The number of aromatic nitrogens is 3. The van der Waals surface area contributed by atoms with Gasteiger partial charge in [-0.2, -0.15) is 4.98 Å². The summed E-state index contributed by atoms with van der Waals surface area (Å²) < 4.78 is 8.46. The number of thiazole rings is 1. The van der Waals surface area contributed by atoms with Crippen LogP contribution in [0.15, 0.2) is 33.9 Å². The second-order valence-corrected chi connectivity index (χ2v) is 9.26. The van der Waals surface area contributed by atoms with Crippen LogP contribution in [0.3, 0.4) is 0 Å². The number of para-hydroxylation sites is 1. The van der Waals surface area contributed by atoms with Crippen molar-refractivity contribution in [3.05, 3.63) is 40.8 Å². The molecule has 0 atom stereocenters. The van der Waals surface area contributed by atoms with Crippen LogP contribution in [0.5, 0.6) is 0 Å². The first-order valence-electron chi connectivity index (χ1n) is 11.0. The van der Waals surface area contributed by atoms with E-state index in [-0.39, 0.29) is 18.2 Å². The van der Waals surface area contributed by atoms with Crippen LogP contribution in [0.2, 0.25) is 0 Å². The molecular formula is C22H28N6O3S. The van der Waals surface area contributed by atoms with Gasteiger partial charge in [-0.1, -0.05) is 54.3 Å². The smallest absolute Gasteiger partial charge is 0.240 e. The molecule has 2 amide bonds. The fraction of sp³-hybridized carbons (Fsp3) is 0.500. The van der Waals surface area contributed by atoms with Gasteiger partial charge in [0, 0.05) is 26.8 Å². The summed E-state index contributed by atoms with van der Waals surface area (Å²) in [4.78, 5) is 29.4. The third-order valence-corrected chi connectivity index (χ3v) is 6.94. The molecule has 2 heterocycles. The highest BCUT2D eigenvalue weighted by molar-refractivity contribution is 7.16. The molecule has 1 fully saturated rings. The molecule has 3 aromatic rings. The molecule has 1 saturated carbocycles. The molecule has 32 heavy (non-hydrogen) atoms. The van der Waals surface area contributed by atoms with E-state index in [0.717, 1.165) is 48.7 Å². The van der Waals surface area contributed by atoms with Crippen molar-refractivity contribution in [2.24, 2.45) is 12.1 Å². The molecule has 2 N–H and O–H groups in total. The van der Waals surface area contributed by atoms with Gasteiger partial charge in [-0.15, -0.1) is 5.10 Å². The van der Waals surface area contributed by atoms with Crippen molar-refractivity contribution in [1.82, 2.24) is 25.5 Å². The van der Waals surface area contributed by atoms with Crippen LogP contribution < -0.4 is 15.5 Å². The van der Waals surface area contributed by atoms with E-state index in [0.29, 0.717) is 22.9 Å². The van der Waals surface area contributed by atoms with E-state index in [1.165, 1.54) is 18.3 Å². The number of benzene rings is 1.